The maximum Gasteiger partial charge on any atom is 0.251 e. The van der Waals surface area contributed by atoms with Crippen molar-refractivity contribution in [2.75, 3.05) is 18.5 Å². The number of carbonyl (C=O) groups is 2. The van der Waals surface area contributed by atoms with Crippen molar-refractivity contribution in [2.24, 2.45) is 0 Å². The molecule has 6 heteroatoms. The molecular formula is C21H26N2O4. The van der Waals surface area contributed by atoms with Gasteiger partial charge in [-0.25, -0.2) is 0 Å². The molecule has 2 rings (SSSR count). The minimum absolute atomic E-state index is 0.182. The van der Waals surface area contributed by atoms with Crippen LogP contribution < -0.4 is 20.1 Å². The Hall–Kier alpha value is -3.02. The highest BCUT2D eigenvalue weighted by Crippen LogP contribution is 2.30. The number of anilines is 1. The van der Waals surface area contributed by atoms with Crippen molar-refractivity contribution in [2.45, 2.75) is 33.7 Å². The minimum Gasteiger partial charge on any atom is -0.490 e. The molecule has 0 aliphatic carbocycles. The summed E-state index contributed by atoms with van der Waals surface area (Å²) in [5, 5.41) is 5.64. The Bertz CT molecular complexity index is 805. The lowest BCUT2D eigenvalue weighted by atomic mass is 10.1. The highest BCUT2D eigenvalue weighted by atomic mass is 16.5. The molecule has 1 atom stereocenters. The third-order valence-corrected chi connectivity index (χ3v) is 3.86. The molecule has 0 spiro atoms. The number of rotatable bonds is 8. The fourth-order valence-corrected chi connectivity index (χ4v) is 2.64. The third kappa shape index (κ3) is 5.74. The lowest BCUT2D eigenvalue weighted by Gasteiger charge is -2.18. The number of amides is 2. The SMILES string of the molecule is CCOc1ccc(C(C)NC(=O)c2cccc(NC(C)=O)c2)cc1OCC. The lowest BCUT2D eigenvalue weighted by Crippen LogP contribution is -2.26. The molecule has 0 aromatic heterocycles. The van der Waals surface area contributed by atoms with Gasteiger partial charge < -0.3 is 20.1 Å². The molecule has 2 N–H and O–H groups in total. The van der Waals surface area contributed by atoms with Crippen LogP contribution in [-0.4, -0.2) is 25.0 Å². The fraction of sp³-hybridized carbons (Fsp3) is 0.333. The first-order valence-electron chi connectivity index (χ1n) is 9.02. The molecular weight excluding hydrogens is 344 g/mol. The molecule has 1 unspecified atom stereocenters. The Kier molecular flexibility index (Phi) is 7.23. The highest BCUT2D eigenvalue weighted by Gasteiger charge is 2.15. The van der Waals surface area contributed by atoms with E-state index in [0.717, 1.165) is 5.56 Å². The third-order valence-electron chi connectivity index (χ3n) is 3.86. The van der Waals surface area contributed by atoms with Gasteiger partial charge in [-0.15, -0.1) is 0 Å². The summed E-state index contributed by atoms with van der Waals surface area (Å²) in [6, 6.07) is 12.2. The molecule has 0 aliphatic rings. The smallest absolute Gasteiger partial charge is 0.251 e. The van der Waals surface area contributed by atoms with E-state index in [1.807, 2.05) is 39.0 Å². The zero-order valence-corrected chi connectivity index (χ0v) is 16.2. The minimum atomic E-state index is -0.225. The second-order valence-electron chi connectivity index (χ2n) is 6.03. The first kappa shape index (κ1) is 20.3. The summed E-state index contributed by atoms with van der Waals surface area (Å²) in [5.41, 5.74) is 1.97. The van der Waals surface area contributed by atoms with Crippen LogP contribution in [0.3, 0.4) is 0 Å². The zero-order chi connectivity index (χ0) is 19.8. The van der Waals surface area contributed by atoms with E-state index in [1.54, 1.807) is 24.3 Å². The molecule has 0 heterocycles. The largest absolute Gasteiger partial charge is 0.490 e. The summed E-state index contributed by atoms with van der Waals surface area (Å²) in [6.07, 6.45) is 0. The highest BCUT2D eigenvalue weighted by molar-refractivity contribution is 5.97. The van der Waals surface area contributed by atoms with Crippen molar-refractivity contribution in [3.05, 3.63) is 53.6 Å². The molecule has 0 bridgehead atoms. The Morgan fingerprint density at radius 2 is 1.70 bits per heavy atom. The predicted molar refractivity (Wildman–Crippen MR) is 105 cm³/mol. The fourth-order valence-electron chi connectivity index (χ4n) is 2.64. The van der Waals surface area contributed by atoms with Crippen LogP contribution in [0.4, 0.5) is 5.69 Å². The quantitative estimate of drug-likeness (QED) is 0.738. The van der Waals surface area contributed by atoms with Crippen molar-refractivity contribution < 1.29 is 19.1 Å². The molecule has 2 aromatic carbocycles. The Labute approximate surface area is 159 Å². The van der Waals surface area contributed by atoms with E-state index in [-0.39, 0.29) is 17.9 Å². The van der Waals surface area contributed by atoms with Gasteiger partial charge in [-0.05, 0) is 56.7 Å². The molecule has 2 amide bonds. The van der Waals surface area contributed by atoms with Crippen LogP contribution in [0.1, 0.15) is 49.7 Å². The molecule has 0 aliphatic heterocycles. The number of ether oxygens (including phenoxy) is 2. The van der Waals surface area contributed by atoms with Gasteiger partial charge in [-0.1, -0.05) is 12.1 Å². The van der Waals surface area contributed by atoms with Crippen LogP contribution in [0.15, 0.2) is 42.5 Å². The number of benzene rings is 2. The summed E-state index contributed by atoms with van der Waals surface area (Å²) < 4.78 is 11.2. The maximum atomic E-state index is 12.6. The van der Waals surface area contributed by atoms with Crippen LogP contribution in [0.25, 0.3) is 0 Å². The summed E-state index contributed by atoms with van der Waals surface area (Å²) >= 11 is 0. The number of hydrogen-bond donors (Lipinski definition) is 2. The van der Waals surface area contributed by atoms with Crippen molar-refractivity contribution in [3.63, 3.8) is 0 Å². The average molecular weight is 370 g/mol. The molecule has 6 nitrogen and oxygen atoms in total. The van der Waals surface area contributed by atoms with Gasteiger partial charge in [0.25, 0.3) is 5.91 Å². The average Bonchev–Trinajstić information content (AvgIpc) is 2.63. The monoisotopic (exact) mass is 370 g/mol. The van der Waals surface area contributed by atoms with Crippen LogP contribution in [0.5, 0.6) is 11.5 Å². The topological polar surface area (TPSA) is 76.7 Å². The Morgan fingerprint density at radius 3 is 2.37 bits per heavy atom. The van der Waals surface area contributed by atoms with Crippen LogP contribution in [0.2, 0.25) is 0 Å². The van der Waals surface area contributed by atoms with Crippen LogP contribution in [0, 0.1) is 0 Å². The van der Waals surface area contributed by atoms with Gasteiger partial charge in [-0.3, -0.25) is 9.59 Å². The van der Waals surface area contributed by atoms with E-state index < -0.39 is 0 Å². The van der Waals surface area contributed by atoms with Gasteiger partial charge in [0.2, 0.25) is 5.91 Å². The van der Waals surface area contributed by atoms with E-state index in [9.17, 15) is 9.59 Å². The standard InChI is InChI=1S/C21H26N2O4/c1-5-26-19-11-10-16(13-20(19)27-6-2)14(3)22-21(25)17-8-7-9-18(12-17)23-15(4)24/h7-14H,5-6H2,1-4H3,(H,22,25)(H,23,24). The summed E-state index contributed by atoms with van der Waals surface area (Å²) in [4.78, 5) is 23.7. The van der Waals surface area contributed by atoms with E-state index >= 15 is 0 Å². The van der Waals surface area contributed by atoms with Gasteiger partial charge >= 0.3 is 0 Å². The predicted octanol–water partition coefficient (Wildman–Crippen LogP) is 3.93. The first-order valence-corrected chi connectivity index (χ1v) is 9.02. The maximum absolute atomic E-state index is 12.6. The molecule has 0 radical (unpaired) electrons. The summed E-state index contributed by atoms with van der Waals surface area (Å²) in [7, 11) is 0. The van der Waals surface area contributed by atoms with Crippen molar-refractivity contribution in [1.29, 1.82) is 0 Å². The van der Waals surface area contributed by atoms with Gasteiger partial charge in [0.1, 0.15) is 0 Å². The molecule has 0 saturated heterocycles. The summed E-state index contributed by atoms with van der Waals surface area (Å²) in [5.74, 6) is 0.940. The Balaban J connectivity index is 2.14. The zero-order valence-electron chi connectivity index (χ0n) is 16.2. The van der Waals surface area contributed by atoms with Crippen LogP contribution in [-0.2, 0) is 4.79 Å². The van der Waals surface area contributed by atoms with E-state index in [2.05, 4.69) is 10.6 Å². The first-order chi connectivity index (χ1) is 12.9. The second kappa shape index (κ2) is 9.62. The molecule has 0 fully saturated rings. The second-order valence-corrected chi connectivity index (χ2v) is 6.03. The van der Waals surface area contributed by atoms with Gasteiger partial charge in [0.05, 0.1) is 19.3 Å². The molecule has 2 aromatic rings. The van der Waals surface area contributed by atoms with E-state index in [1.165, 1.54) is 6.92 Å². The normalized spacial score (nSPS) is 11.4. The van der Waals surface area contributed by atoms with Crippen LogP contribution >= 0.6 is 0 Å². The molecule has 27 heavy (non-hydrogen) atoms. The summed E-state index contributed by atoms with van der Waals surface area (Å²) in [6.45, 7) is 8.24. The van der Waals surface area contributed by atoms with E-state index in [0.29, 0.717) is 36.0 Å². The number of hydrogen-bond acceptors (Lipinski definition) is 4. The van der Waals surface area contributed by atoms with Gasteiger partial charge in [0, 0.05) is 18.2 Å². The number of carbonyl (C=O) groups excluding carboxylic acids is 2. The van der Waals surface area contributed by atoms with Crippen molar-refractivity contribution >= 4 is 17.5 Å². The van der Waals surface area contributed by atoms with Gasteiger partial charge in [-0.2, -0.15) is 0 Å². The Morgan fingerprint density at radius 1 is 1.00 bits per heavy atom. The van der Waals surface area contributed by atoms with Crippen molar-refractivity contribution in [3.8, 4) is 11.5 Å². The van der Waals surface area contributed by atoms with E-state index in [4.69, 9.17) is 9.47 Å². The van der Waals surface area contributed by atoms with Crippen molar-refractivity contribution in [1.82, 2.24) is 5.32 Å². The lowest BCUT2D eigenvalue weighted by molar-refractivity contribution is -0.114. The molecule has 144 valence electrons. The van der Waals surface area contributed by atoms with Gasteiger partial charge in [0.15, 0.2) is 11.5 Å². The number of nitrogens with one attached hydrogen (secondary N) is 2. The molecule has 0 saturated carbocycles.